The van der Waals surface area contributed by atoms with E-state index in [-0.39, 0.29) is 23.0 Å². The van der Waals surface area contributed by atoms with Crippen LogP contribution in [0.5, 0.6) is 11.5 Å². The van der Waals surface area contributed by atoms with E-state index in [1.54, 1.807) is 39.0 Å². The molecule has 0 fully saturated rings. The van der Waals surface area contributed by atoms with Crippen LogP contribution in [0, 0.1) is 0 Å². The molecule has 1 aromatic carbocycles. The molecule has 2 N–H and O–H groups in total. The van der Waals surface area contributed by atoms with Crippen molar-refractivity contribution in [2.75, 3.05) is 7.11 Å². The Balaban J connectivity index is 2.41. The molecular weight excluding hydrogens is 390 g/mol. The fourth-order valence-corrected chi connectivity index (χ4v) is 2.86. The minimum atomic E-state index is -1.58. The predicted octanol–water partition coefficient (Wildman–Crippen LogP) is 3.22. The third kappa shape index (κ3) is 5.80. The summed E-state index contributed by atoms with van der Waals surface area (Å²) in [6.07, 6.45) is -1.08. The lowest BCUT2D eigenvalue weighted by atomic mass is 10.0. The number of rotatable bonds is 6. The molecule has 0 aliphatic heterocycles. The summed E-state index contributed by atoms with van der Waals surface area (Å²) in [4.78, 5) is 0. The Kier molecular flexibility index (Phi) is 7.05. The van der Waals surface area contributed by atoms with Gasteiger partial charge in [-0.25, -0.2) is 0 Å². The van der Waals surface area contributed by atoms with Crippen molar-refractivity contribution in [3.8, 4) is 11.5 Å². The number of aliphatic hydroxyl groups excluding tert-OH is 1. The number of benzene rings is 1. The van der Waals surface area contributed by atoms with E-state index in [1.165, 1.54) is 19.2 Å². The van der Waals surface area contributed by atoms with Gasteiger partial charge in [0.05, 0.1) is 12.8 Å². The van der Waals surface area contributed by atoms with Gasteiger partial charge < -0.3 is 19.5 Å². The van der Waals surface area contributed by atoms with Crippen LogP contribution in [-0.2, 0) is 11.4 Å². The zero-order chi connectivity index (χ0) is 20.2. The first-order chi connectivity index (χ1) is 12.6. The number of aliphatic hydroxyl groups is 1. The summed E-state index contributed by atoms with van der Waals surface area (Å²) < 4.78 is 21.3. The second-order valence-corrected chi connectivity index (χ2v) is 9.08. The highest BCUT2D eigenvalue weighted by Gasteiger charge is 2.29. The summed E-state index contributed by atoms with van der Waals surface area (Å²) in [5.41, 5.74) is 0.934. The lowest BCUT2D eigenvalue weighted by molar-refractivity contribution is 0.180. The number of phenols is 1. The van der Waals surface area contributed by atoms with Gasteiger partial charge in [-0.1, -0.05) is 16.0 Å². The van der Waals surface area contributed by atoms with Gasteiger partial charge in [-0.15, -0.1) is 5.10 Å². The van der Waals surface area contributed by atoms with Crippen LogP contribution in [0.4, 0.5) is 0 Å². The molecule has 0 amide bonds. The van der Waals surface area contributed by atoms with Crippen molar-refractivity contribution < 1.29 is 19.5 Å². The van der Waals surface area contributed by atoms with E-state index in [4.69, 9.17) is 16.3 Å². The molecule has 9 heteroatoms. The Labute approximate surface area is 166 Å². The van der Waals surface area contributed by atoms with Crippen LogP contribution in [0.25, 0.3) is 0 Å². The van der Waals surface area contributed by atoms with Gasteiger partial charge in [-0.3, -0.25) is 0 Å². The Hall–Kier alpha value is -1.87. The average Bonchev–Trinajstić information content (AvgIpc) is 2.60. The van der Waals surface area contributed by atoms with Crippen LogP contribution in [0.15, 0.2) is 34.7 Å². The highest BCUT2D eigenvalue weighted by atomic mass is 35.5. The lowest BCUT2D eigenvalue weighted by Crippen LogP contribution is -2.27. The Morgan fingerprint density at radius 1 is 1.30 bits per heavy atom. The summed E-state index contributed by atoms with van der Waals surface area (Å²) in [6.45, 7) is 5.37. The number of hydrogen-bond donors (Lipinski definition) is 2. The molecule has 0 aliphatic rings. The third-order valence-corrected chi connectivity index (χ3v) is 5.25. The molecule has 0 saturated carbocycles. The Morgan fingerprint density at radius 2 is 2.00 bits per heavy atom. The van der Waals surface area contributed by atoms with Crippen LogP contribution in [-0.4, -0.2) is 42.5 Å². The van der Waals surface area contributed by atoms with E-state index in [2.05, 4.69) is 14.6 Å². The smallest absolute Gasteiger partial charge is 0.151 e. The SMILES string of the molecule is COc1ccc(C(C[C@H](O)c2ccc(Cl)nn2)=N[S@@+]([O-])C(C)(C)C)c(O)c1. The third-order valence-electron chi connectivity index (χ3n) is 3.61. The number of aromatic hydroxyl groups is 1. The normalized spacial score (nSPS) is 14.7. The molecule has 0 saturated heterocycles. The highest BCUT2D eigenvalue weighted by Crippen LogP contribution is 2.29. The lowest BCUT2D eigenvalue weighted by Gasteiger charge is -2.20. The van der Waals surface area contributed by atoms with Gasteiger partial charge in [0.25, 0.3) is 0 Å². The molecule has 1 heterocycles. The molecule has 2 aromatic rings. The van der Waals surface area contributed by atoms with Crippen molar-refractivity contribution >= 4 is 28.7 Å². The van der Waals surface area contributed by atoms with E-state index in [0.717, 1.165) is 0 Å². The molecule has 0 bridgehead atoms. The van der Waals surface area contributed by atoms with Crippen LogP contribution in [0.3, 0.4) is 0 Å². The molecule has 1 aromatic heterocycles. The molecule has 7 nitrogen and oxygen atoms in total. The molecule has 2 atom stereocenters. The molecule has 0 aliphatic carbocycles. The molecule has 0 spiro atoms. The van der Waals surface area contributed by atoms with Crippen LogP contribution < -0.4 is 4.74 Å². The van der Waals surface area contributed by atoms with Crippen molar-refractivity contribution in [1.29, 1.82) is 0 Å². The topological polar surface area (TPSA) is 111 Å². The van der Waals surface area contributed by atoms with E-state index in [9.17, 15) is 14.8 Å². The maximum atomic E-state index is 12.5. The monoisotopic (exact) mass is 411 g/mol. The maximum Gasteiger partial charge on any atom is 0.151 e. The van der Waals surface area contributed by atoms with Crippen LogP contribution >= 0.6 is 11.6 Å². The number of hydrogen-bond acceptors (Lipinski definition) is 7. The standard InChI is InChI=1S/C18H22ClN3O4S/c1-18(2,3)27(25)22-14(12-6-5-11(26-4)9-15(12)23)10-16(24)13-7-8-17(19)21-20-13/h5-9,16,23-24H,10H2,1-4H3/t16-,27-/m0/s1. The fourth-order valence-electron chi connectivity index (χ4n) is 2.11. The number of ether oxygens (including phenoxy) is 1. The van der Waals surface area contributed by atoms with Gasteiger partial charge in [-0.05, 0) is 45.0 Å². The first-order valence-corrected chi connectivity index (χ1v) is 9.64. The van der Waals surface area contributed by atoms with Gasteiger partial charge in [0.2, 0.25) is 0 Å². The minimum Gasteiger partial charge on any atom is -0.591 e. The van der Waals surface area contributed by atoms with E-state index >= 15 is 0 Å². The first-order valence-electron chi connectivity index (χ1n) is 8.16. The van der Waals surface area contributed by atoms with E-state index < -0.39 is 22.2 Å². The second kappa shape index (κ2) is 8.88. The van der Waals surface area contributed by atoms with Gasteiger partial charge in [0, 0.05) is 18.1 Å². The van der Waals surface area contributed by atoms with Gasteiger partial charge in [-0.2, -0.15) is 5.10 Å². The largest absolute Gasteiger partial charge is 0.591 e. The van der Waals surface area contributed by atoms with Crippen molar-refractivity contribution in [2.24, 2.45) is 4.40 Å². The molecular formula is C18H22ClN3O4S. The average molecular weight is 412 g/mol. The minimum absolute atomic E-state index is 0.0159. The number of halogens is 1. The molecule has 0 unspecified atom stereocenters. The quantitative estimate of drug-likeness (QED) is 0.557. The zero-order valence-electron chi connectivity index (χ0n) is 15.5. The van der Waals surface area contributed by atoms with Gasteiger partial charge >= 0.3 is 0 Å². The number of aromatic nitrogens is 2. The number of methoxy groups -OCH3 is 1. The van der Waals surface area contributed by atoms with Gasteiger partial charge in [0.1, 0.15) is 39.4 Å². The number of phenolic OH excluding ortho intramolecular Hbond substituents is 1. The van der Waals surface area contributed by atoms with Crippen molar-refractivity contribution in [3.63, 3.8) is 0 Å². The summed E-state index contributed by atoms with van der Waals surface area (Å²) in [5, 5.41) is 28.6. The number of nitrogens with zero attached hydrogens (tertiary/aromatic N) is 3. The molecule has 27 heavy (non-hydrogen) atoms. The first kappa shape index (κ1) is 21.4. The summed E-state index contributed by atoms with van der Waals surface area (Å²) in [5.74, 6) is 0.380. The fraction of sp³-hybridized carbons (Fsp3) is 0.389. The van der Waals surface area contributed by atoms with Crippen LogP contribution in [0.2, 0.25) is 5.15 Å². The molecule has 146 valence electrons. The zero-order valence-corrected chi connectivity index (χ0v) is 17.1. The summed E-state index contributed by atoms with van der Waals surface area (Å²) in [6, 6.07) is 7.75. The maximum absolute atomic E-state index is 12.5. The highest BCUT2D eigenvalue weighted by molar-refractivity contribution is 7.91. The van der Waals surface area contributed by atoms with E-state index in [0.29, 0.717) is 17.0 Å². The van der Waals surface area contributed by atoms with Crippen LogP contribution in [0.1, 0.15) is 44.6 Å². The van der Waals surface area contributed by atoms with Crippen molar-refractivity contribution in [3.05, 3.63) is 46.7 Å². The molecule has 0 radical (unpaired) electrons. The molecule has 2 rings (SSSR count). The predicted molar refractivity (Wildman–Crippen MR) is 106 cm³/mol. The van der Waals surface area contributed by atoms with Crippen molar-refractivity contribution in [1.82, 2.24) is 10.2 Å². The van der Waals surface area contributed by atoms with Crippen molar-refractivity contribution in [2.45, 2.75) is 38.0 Å². The second-order valence-electron chi connectivity index (χ2n) is 6.78. The van der Waals surface area contributed by atoms with Gasteiger partial charge in [0.15, 0.2) is 5.15 Å². The Morgan fingerprint density at radius 3 is 2.52 bits per heavy atom. The van der Waals surface area contributed by atoms with E-state index in [1.807, 2.05) is 0 Å². The summed E-state index contributed by atoms with van der Waals surface area (Å²) >= 11 is 4.14. The Bertz CT molecular complexity index is 809. The summed E-state index contributed by atoms with van der Waals surface area (Å²) in [7, 11) is 1.49.